The molecule has 1 atom stereocenters. The van der Waals surface area contributed by atoms with Crippen molar-refractivity contribution in [2.24, 2.45) is 5.92 Å². The van der Waals surface area contributed by atoms with E-state index in [2.05, 4.69) is 10.8 Å². The van der Waals surface area contributed by atoms with Gasteiger partial charge in [-0.3, -0.25) is 0 Å². The lowest BCUT2D eigenvalue weighted by Gasteiger charge is -2.27. The van der Waals surface area contributed by atoms with Crippen LogP contribution in [0.5, 0.6) is 0 Å². The predicted molar refractivity (Wildman–Crippen MR) is 46.8 cm³/mol. The van der Waals surface area contributed by atoms with Crippen molar-refractivity contribution in [3.8, 4) is 6.07 Å². The standard InChI is InChI=1S/C9H12N2O2/c1-7-3-8(4-10)6-11(5-7)9(12)13-2/h3,7H,5-6H2,1-2H3/t7-/m0/s1. The fourth-order valence-corrected chi connectivity index (χ4v) is 1.41. The predicted octanol–water partition coefficient (Wildman–Crippen LogP) is 1.15. The summed E-state index contributed by atoms with van der Waals surface area (Å²) in [7, 11) is 1.34. The summed E-state index contributed by atoms with van der Waals surface area (Å²) in [4.78, 5) is 12.7. The molecule has 0 aromatic rings. The average Bonchev–Trinajstić information content (AvgIpc) is 2.15. The van der Waals surface area contributed by atoms with Crippen molar-refractivity contribution in [3.63, 3.8) is 0 Å². The Kier molecular flexibility index (Phi) is 2.91. The van der Waals surface area contributed by atoms with Gasteiger partial charge in [0.05, 0.1) is 19.7 Å². The van der Waals surface area contributed by atoms with E-state index in [4.69, 9.17) is 5.26 Å². The molecule has 1 aliphatic rings. The number of hydrogen-bond acceptors (Lipinski definition) is 3. The zero-order chi connectivity index (χ0) is 9.84. The van der Waals surface area contributed by atoms with E-state index in [1.54, 1.807) is 0 Å². The Morgan fingerprint density at radius 3 is 3.08 bits per heavy atom. The van der Waals surface area contributed by atoms with Crippen LogP contribution in [0, 0.1) is 17.2 Å². The minimum Gasteiger partial charge on any atom is -0.453 e. The van der Waals surface area contributed by atoms with Crippen LogP contribution in [0.25, 0.3) is 0 Å². The maximum Gasteiger partial charge on any atom is 0.409 e. The molecule has 13 heavy (non-hydrogen) atoms. The molecule has 0 aliphatic carbocycles. The first-order chi connectivity index (χ1) is 6.17. The molecule has 70 valence electrons. The molecule has 1 amide bonds. The van der Waals surface area contributed by atoms with Crippen LogP contribution in [0.4, 0.5) is 4.79 Å². The smallest absolute Gasteiger partial charge is 0.409 e. The maximum atomic E-state index is 11.1. The van der Waals surface area contributed by atoms with Gasteiger partial charge in [0.1, 0.15) is 0 Å². The van der Waals surface area contributed by atoms with Gasteiger partial charge in [0.2, 0.25) is 0 Å². The van der Waals surface area contributed by atoms with E-state index in [1.807, 2.05) is 13.0 Å². The number of nitriles is 1. The van der Waals surface area contributed by atoms with Gasteiger partial charge in [-0.25, -0.2) is 4.79 Å². The fraction of sp³-hybridized carbons (Fsp3) is 0.556. The highest BCUT2D eigenvalue weighted by Gasteiger charge is 2.21. The third kappa shape index (κ3) is 2.22. The molecule has 4 heteroatoms. The highest BCUT2D eigenvalue weighted by molar-refractivity contribution is 5.68. The number of methoxy groups -OCH3 is 1. The van der Waals surface area contributed by atoms with E-state index in [1.165, 1.54) is 12.0 Å². The summed E-state index contributed by atoms with van der Waals surface area (Å²) in [6, 6.07) is 2.05. The monoisotopic (exact) mass is 180 g/mol. The fourth-order valence-electron chi connectivity index (χ4n) is 1.41. The molecule has 1 heterocycles. The number of carbonyl (C=O) groups excluding carboxylic acids is 1. The van der Waals surface area contributed by atoms with Gasteiger partial charge in [-0.15, -0.1) is 0 Å². The quantitative estimate of drug-likeness (QED) is 0.562. The lowest BCUT2D eigenvalue weighted by molar-refractivity contribution is 0.122. The molecular formula is C9H12N2O2. The summed E-state index contributed by atoms with van der Waals surface area (Å²) in [5.41, 5.74) is 0.629. The van der Waals surface area contributed by atoms with Crippen molar-refractivity contribution in [2.45, 2.75) is 6.92 Å². The van der Waals surface area contributed by atoms with Gasteiger partial charge in [0.15, 0.2) is 0 Å². The Balaban J connectivity index is 2.70. The van der Waals surface area contributed by atoms with Gasteiger partial charge in [-0.2, -0.15) is 5.26 Å². The highest BCUT2D eigenvalue weighted by atomic mass is 16.5. The van der Waals surface area contributed by atoms with Gasteiger partial charge in [0, 0.05) is 12.1 Å². The van der Waals surface area contributed by atoms with Crippen LogP contribution in [0.3, 0.4) is 0 Å². The second kappa shape index (κ2) is 3.94. The Morgan fingerprint density at radius 2 is 2.54 bits per heavy atom. The van der Waals surface area contributed by atoms with Crippen molar-refractivity contribution in [3.05, 3.63) is 11.6 Å². The number of hydrogen-bond donors (Lipinski definition) is 0. The molecule has 0 radical (unpaired) electrons. The van der Waals surface area contributed by atoms with Crippen molar-refractivity contribution in [2.75, 3.05) is 20.2 Å². The average molecular weight is 180 g/mol. The first-order valence-electron chi connectivity index (χ1n) is 4.11. The normalized spacial score (nSPS) is 21.8. The Labute approximate surface area is 77.4 Å². The molecule has 0 unspecified atom stereocenters. The molecule has 4 nitrogen and oxygen atoms in total. The number of carbonyl (C=O) groups is 1. The van der Waals surface area contributed by atoms with Gasteiger partial charge in [-0.1, -0.05) is 13.0 Å². The van der Waals surface area contributed by atoms with Crippen LogP contribution in [0.1, 0.15) is 6.92 Å². The summed E-state index contributed by atoms with van der Waals surface area (Å²) >= 11 is 0. The van der Waals surface area contributed by atoms with Crippen LogP contribution in [0.2, 0.25) is 0 Å². The minimum atomic E-state index is -0.368. The summed E-state index contributed by atoms with van der Waals surface area (Å²) < 4.78 is 4.58. The maximum absolute atomic E-state index is 11.1. The van der Waals surface area contributed by atoms with Crippen LogP contribution < -0.4 is 0 Å². The van der Waals surface area contributed by atoms with Crippen molar-refractivity contribution < 1.29 is 9.53 Å². The summed E-state index contributed by atoms with van der Waals surface area (Å²) in [6.45, 7) is 2.96. The zero-order valence-electron chi connectivity index (χ0n) is 7.78. The van der Waals surface area contributed by atoms with E-state index in [0.717, 1.165) is 0 Å². The van der Waals surface area contributed by atoms with Gasteiger partial charge in [-0.05, 0) is 5.92 Å². The molecule has 1 rings (SSSR count). The number of amides is 1. The van der Waals surface area contributed by atoms with Crippen molar-refractivity contribution in [1.82, 2.24) is 4.90 Å². The molecule has 0 fully saturated rings. The molecule has 0 saturated heterocycles. The highest BCUT2D eigenvalue weighted by Crippen LogP contribution is 2.14. The Morgan fingerprint density at radius 1 is 1.85 bits per heavy atom. The van der Waals surface area contributed by atoms with E-state index < -0.39 is 0 Å². The van der Waals surface area contributed by atoms with Crippen LogP contribution in [-0.2, 0) is 4.74 Å². The zero-order valence-corrected chi connectivity index (χ0v) is 7.78. The van der Waals surface area contributed by atoms with Gasteiger partial charge < -0.3 is 9.64 Å². The van der Waals surface area contributed by atoms with E-state index in [-0.39, 0.29) is 12.0 Å². The first kappa shape index (κ1) is 9.59. The molecule has 0 bridgehead atoms. The van der Waals surface area contributed by atoms with E-state index in [0.29, 0.717) is 18.7 Å². The molecular weight excluding hydrogens is 168 g/mol. The molecule has 0 aromatic carbocycles. The SMILES string of the molecule is COC(=O)N1CC(C#N)=C[C@H](C)C1. The van der Waals surface area contributed by atoms with Gasteiger partial charge >= 0.3 is 6.09 Å². The third-order valence-electron chi connectivity index (χ3n) is 1.93. The van der Waals surface area contributed by atoms with Crippen LogP contribution >= 0.6 is 0 Å². The lowest BCUT2D eigenvalue weighted by Crippen LogP contribution is -2.38. The molecule has 0 spiro atoms. The molecule has 0 N–H and O–H groups in total. The Hall–Kier alpha value is -1.50. The number of ether oxygens (including phenoxy) is 1. The first-order valence-corrected chi connectivity index (χ1v) is 4.11. The molecule has 0 saturated carbocycles. The van der Waals surface area contributed by atoms with Crippen LogP contribution in [0.15, 0.2) is 11.6 Å². The second-order valence-corrected chi connectivity index (χ2v) is 3.13. The summed E-state index contributed by atoms with van der Waals surface area (Å²) in [5, 5.41) is 8.68. The molecule has 0 aromatic heterocycles. The Bertz CT molecular complexity index is 278. The molecule has 1 aliphatic heterocycles. The topological polar surface area (TPSA) is 53.3 Å². The van der Waals surface area contributed by atoms with E-state index in [9.17, 15) is 4.79 Å². The van der Waals surface area contributed by atoms with Crippen LogP contribution in [-0.4, -0.2) is 31.2 Å². The second-order valence-electron chi connectivity index (χ2n) is 3.13. The van der Waals surface area contributed by atoms with Crippen molar-refractivity contribution >= 4 is 6.09 Å². The lowest BCUT2D eigenvalue weighted by atomic mass is 10.0. The van der Waals surface area contributed by atoms with Gasteiger partial charge in [0.25, 0.3) is 0 Å². The third-order valence-corrected chi connectivity index (χ3v) is 1.93. The van der Waals surface area contributed by atoms with E-state index >= 15 is 0 Å². The summed E-state index contributed by atoms with van der Waals surface area (Å²) in [5.74, 6) is 0.225. The van der Waals surface area contributed by atoms with Crippen molar-refractivity contribution in [1.29, 1.82) is 5.26 Å². The number of rotatable bonds is 0. The largest absolute Gasteiger partial charge is 0.453 e. The minimum absolute atomic E-state index is 0.225. The summed E-state index contributed by atoms with van der Waals surface area (Å²) in [6.07, 6.45) is 1.52. The number of nitrogens with zero attached hydrogens (tertiary/aromatic N) is 2.